The predicted octanol–water partition coefficient (Wildman–Crippen LogP) is 3.46. The quantitative estimate of drug-likeness (QED) is 0.700. The number of ether oxygens (including phenoxy) is 2. The van der Waals surface area contributed by atoms with Crippen LogP contribution in [0.25, 0.3) is 5.69 Å². The molecule has 1 aliphatic carbocycles. The van der Waals surface area contributed by atoms with Crippen molar-refractivity contribution in [3.05, 3.63) is 65.1 Å². The number of fused-ring (bicyclic) bond motifs is 1. The molecule has 3 aromatic rings. The van der Waals surface area contributed by atoms with Gasteiger partial charge in [0.15, 0.2) is 0 Å². The number of aromatic nitrogens is 3. The number of methoxy groups -OCH3 is 1. The lowest BCUT2D eigenvalue weighted by atomic mass is 10.0. The summed E-state index contributed by atoms with van der Waals surface area (Å²) in [5.74, 6) is 0.626. The third-order valence-corrected chi connectivity index (χ3v) is 5.49. The Bertz CT molecular complexity index is 1140. The Balaban J connectivity index is 1.37. The monoisotopic (exact) mass is 408 g/mol. The number of halogens is 1. The maximum absolute atomic E-state index is 14.5. The molecule has 30 heavy (non-hydrogen) atoms. The Labute approximate surface area is 172 Å². The molecule has 0 saturated heterocycles. The number of imidazole rings is 1. The number of hydrogen-bond acceptors (Lipinski definition) is 5. The molecule has 3 heterocycles. The van der Waals surface area contributed by atoms with Crippen LogP contribution in [0.3, 0.4) is 0 Å². The molecule has 2 aromatic heterocycles. The fourth-order valence-electron chi connectivity index (χ4n) is 3.76. The molecule has 0 unspecified atom stereocenters. The van der Waals surface area contributed by atoms with Crippen molar-refractivity contribution in [3.8, 4) is 17.3 Å². The molecule has 1 aliphatic heterocycles. The Morgan fingerprint density at radius 3 is 2.83 bits per heavy atom. The zero-order valence-corrected chi connectivity index (χ0v) is 16.7. The second-order valence-corrected chi connectivity index (χ2v) is 7.67. The summed E-state index contributed by atoms with van der Waals surface area (Å²) in [5, 5.41) is 2.89. The lowest BCUT2D eigenvalue weighted by Crippen LogP contribution is -2.30. The molecule has 1 saturated carbocycles. The highest BCUT2D eigenvalue weighted by Gasteiger charge is 2.32. The minimum Gasteiger partial charge on any atom is -0.491 e. The number of amides is 1. The van der Waals surface area contributed by atoms with Crippen molar-refractivity contribution in [1.29, 1.82) is 0 Å². The van der Waals surface area contributed by atoms with Gasteiger partial charge in [-0.15, -0.1) is 0 Å². The molecule has 0 radical (unpaired) electrons. The molecule has 1 fully saturated rings. The minimum absolute atomic E-state index is 0.205. The molecule has 1 amide bonds. The van der Waals surface area contributed by atoms with Crippen LogP contribution in [0.15, 0.2) is 36.8 Å². The van der Waals surface area contributed by atoms with Crippen LogP contribution < -0.4 is 14.8 Å². The van der Waals surface area contributed by atoms with Gasteiger partial charge in [0.1, 0.15) is 29.6 Å². The zero-order valence-electron chi connectivity index (χ0n) is 16.7. The summed E-state index contributed by atoms with van der Waals surface area (Å²) in [7, 11) is 1.50. The van der Waals surface area contributed by atoms with Crippen LogP contribution in [0.2, 0.25) is 0 Å². The number of nitrogens with zero attached hydrogens (tertiary/aromatic N) is 3. The van der Waals surface area contributed by atoms with Crippen LogP contribution in [0.5, 0.6) is 11.6 Å². The number of benzene rings is 1. The number of nitrogens with one attached hydrogen (secondary N) is 1. The predicted molar refractivity (Wildman–Crippen MR) is 107 cm³/mol. The van der Waals surface area contributed by atoms with E-state index in [-0.39, 0.29) is 24.0 Å². The van der Waals surface area contributed by atoms with Gasteiger partial charge in [0.25, 0.3) is 5.91 Å². The molecule has 1 atom stereocenters. The van der Waals surface area contributed by atoms with Crippen molar-refractivity contribution in [2.75, 3.05) is 13.7 Å². The van der Waals surface area contributed by atoms with Gasteiger partial charge < -0.3 is 19.4 Å². The molecular weight excluding hydrogens is 387 g/mol. The highest BCUT2D eigenvalue weighted by molar-refractivity contribution is 5.93. The molecule has 154 valence electrons. The Morgan fingerprint density at radius 2 is 2.13 bits per heavy atom. The van der Waals surface area contributed by atoms with Gasteiger partial charge in [-0.2, -0.15) is 0 Å². The number of pyridine rings is 1. The minimum atomic E-state index is -0.431. The third kappa shape index (κ3) is 3.28. The maximum atomic E-state index is 14.5. The van der Waals surface area contributed by atoms with Crippen molar-refractivity contribution in [1.82, 2.24) is 19.9 Å². The van der Waals surface area contributed by atoms with Gasteiger partial charge in [0, 0.05) is 11.8 Å². The number of carbonyl (C=O) groups is 1. The second-order valence-electron chi connectivity index (χ2n) is 7.67. The molecular formula is C22H21FN4O3. The lowest BCUT2D eigenvalue weighted by Gasteiger charge is -2.14. The SMILES string of the molecule is COc1nc(C(=O)N[C@H]2COc3cc(C4CC4)c(F)cc32)ccc1-n1cnc(C)c1. The Morgan fingerprint density at radius 1 is 1.30 bits per heavy atom. The Hall–Kier alpha value is -3.42. The van der Waals surface area contributed by atoms with E-state index in [0.29, 0.717) is 34.4 Å². The van der Waals surface area contributed by atoms with E-state index in [2.05, 4.69) is 15.3 Å². The molecule has 1 N–H and O–H groups in total. The average molecular weight is 408 g/mol. The smallest absolute Gasteiger partial charge is 0.270 e. The molecule has 5 rings (SSSR count). The summed E-state index contributed by atoms with van der Waals surface area (Å²) in [6.45, 7) is 2.15. The van der Waals surface area contributed by atoms with Gasteiger partial charge >= 0.3 is 0 Å². The van der Waals surface area contributed by atoms with Crippen molar-refractivity contribution < 1.29 is 18.7 Å². The van der Waals surface area contributed by atoms with Gasteiger partial charge in [0.05, 0.1) is 25.2 Å². The summed E-state index contributed by atoms with van der Waals surface area (Å²) >= 11 is 0. The van der Waals surface area contributed by atoms with E-state index in [1.807, 2.05) is 13.1 Å². The van der Waals surface area contributed by atoms with Crippen molar-refractivity contribution in [2.45, 2.75) is 31.7 Å². The second kappa shape index (κ2) is 7.12. The average Bonchev–Trinajstić information content (AvgIpc) is 3.40. The molecule has 8 heteroatoms. The number of carbonyl (C=O) groups excluding carboxylic acids is 1. The first kappa shape index (κ1) is 18.6. The lowest BCUT2D eigenvalue weighted by molar-refractivity contribution is 0.0924. The molecule has 0 spiro atoms. The van der Waals surface area contributed by atoms with Crippen LogP contribution in [0, 0.1) is 12.7 Å². The van der Waals surface area contributed by atoms with Gasteiger partial charge in [-0.1, -0.05) is 0 Å². The van der Waals surface area contributed by atoms with Crippen molar-refractivity contribution in [3.63, 3.8) is 0 Å². The molecule has 2 aliphatic rings. The molecule has 7 nitrogen and oxygen atoms in total. The van der Waals surface area contributed by atoms with E-state index in [1.54, 1.807) is 29.1 Å². The van der Waals surface area contributed by atoms with Gasteiger partial charge in [-0.25, -0.2) is 14.4 Å². The van der Waals surface area contributed by atoms with E-state index in [1.165, 1.54) is 13.2 Å². The van der Waals surface area contributed by atoms with Crippen LogP contribution in [-0.4, -0.2) is 34.2 Å². The standard InChI is InChI=1S/C22H21FN4O3/c1-12-9-27(11-24-12)19-6-5-17(26-22(19)29-2)21(28)25-18-10-30-20-8-14(13-3-4-13)16(23)7-15(18)20/h5-9,11,13,18H,3-4,10H2,1-2H3,(H,25,28)/t18-/m0/s1. The van der Waals surface area contributed by atoms with Crippen LogP contribution in [0.1, 0.15) is 52.1 Å². The van der Waals surface area contributed by atoms with Gasteiger partial charge in [-0.05, 0) is 55.5 Å². The number of hydrogen-bond donors (Lipinski definition) is 1. The third-order valence-electron chi connectivity index (χ3n) is 5.49. The number of rotatable bonds is 5. The van der Waals surface area contributed by atoms with Crippen molar-refractivity contribution >= 4 is 5.91 Å². The highest BCUT2D eigenvalue weighted by Crippen LogP contribution is 2.45. The first-order chi connectivity index (χ1) is 14.5. The van der Waals surface area contributed by atoms with Crippen LogP contribution >= 0.6 is 0 Å². The Kier molecular flexibility index (Phi) is 4.42. The first-order valence-corrected chi connectivity index (χ1v) is 9.86. The topological polar surface area (TPSA) is 78.3 Å². The summed E-state index contributed by atoms with van der Waals surface area (Å²) in [5.41, 5.74) is 3.10. The summed E-state index contributed by atoms with van der Waals surface area (Å²) in [6, 6.07) is 6.20. The van der Waals surface area contributed by atoms with E-state index in [9.17, 15) is 9.18 Å². The van der Waals surface area contributed by atoms with Gasteiger partial charge in [-0.3, -0.25) is 4.79 Å². The fraction of sp³-hybridized carbons (Fsp3) is 0.318. The number of aryl methyl sites for hydroxylation is 1. The first-order valence-electron chi connectivity index (χ1n) is 9.86. The van der Waals surface area contributed by atoms with Crippen LogP contribution in [-0.2, 0) is 0 Å². The van der Waals surface area contributed by atoms with E-state index >= 15 is 0 Å². The zero-order chi connectivity index (χ0) is 20.8. The van der Waals surface area contributed by atoms with Crippen LogP contribution in [0.4, 0.5) is 4.39 Å². The molecule has 0 bridgehead atoms. The van der Waals surface area contributed by atoms with E-state index < -0.39 is 6.04 Å². The maximum Gasteiger partial charge on any atom is 0.270 e. The summed E-state index contributed by atoms with van der Waals surface area (Å²) in [4.78, 5) is 21.3. The highest BCUT2D eigenvalue weighted by atomic mass is 19.1. The molecule has 1 aromatic carbocycles. The normalized spacial score (nSPS) is 17.4. The fourth-order valence-corrected chi connectivity index (χ4v) is 3.76. The van der Waals surface area contributed by atoms with Crippen molar-refractivity contribution in [2.24, 2.45) is 0 Å². The van der Waals surface area contributed by atoms with E-state index in [4.69, 9.17) is 9.47 Å². The summed E-state index contributed by atoms with van der Waals surface area (Å²) < 4.78 is 27.3. The largest absolute Gasteiger partial charge is 0.491 e. The summed E-state index contributed by atoms with van der Waals surface area (Å²) in [6.07, 6.45) is 5.53. The van der Waals surface area contributed by atoms with Gasteiger partial charge in [0.2, 0.25) is 5.88 Å². The van der Waals surface area contributed by atoms with E-state index in [0.717, 1.165) is 18.5 Å².